The molecule has 0 aliphatic heterocycles. The molecule has 0 bridgehead atoms. The highest BCUT2D eigenvalue weighted by molar-refractivity contribution is 6.04. The molecule has 1 saturated carbocycles. The van der Waals surface area contributed by atoms with E-state index in [1.807, 2.05) is 19.2 Å². The molecule has 2 N–H and O–H groups in total. The van der Waals surface area contributed by atoms with Crippen LogP contribution in [0.3, 0.4) is 0 Å². The molecule has 5 nitrogen and oxygen atoms in total. The predicted octanol–water partition coefficient (Wildman–Crippen LogP) is 4.37. The number of H-pyrrole nitrogens is 1. The summed E-state index contributed by atoms with van der Waals surface area (Å²) in [6, 6.07) is 2.34. The first-order valence-corrected chi connectivity index (χ1v) is 8.99. The fraction of sp³-hybridized carbons (Fsp3) is 0.579. The number of rotatable bonds is 5. The van der Waals surface area contributed by atoms with E-state index in [4.69, 9.17) is 4.74 Å². The van der Waals surface area contributed by atoms with Crippen molar-refractivity contribution in [3.05, 3.63) is 24.0 Å². The zero-order valence-corrected chi connectivity index (χ0v) is 14.8. The average molecular weight is 329 g/mol. The van der Waals surface area contributed by atoms with E-state index in [-0.39, 0.29) is 5.97 Å². The van der Waals surface area contributed by atoms with E-state index in [0.29, 0.717) is 24.1 Å². The van der Waals surface area contributed by atoms with Gasteiger partial charge in [-0.05, 0) is 43.6 Å². The van der Waals surface area contributed by atoms with Gasteiger partial charge in [0.2, 0.25) is 0 Å². The van der Waals surface area contributed by atoms with Crippen LogP contribution in [-0.2, 0) is 4.74 Å². The van der Waals surface area contributed by atoms with Crippen molar-refractivity contribution in [1.29, 1.82) is 0 Å². The Morgan fingerprint density at radius 3 is 3.00 bits per heavy atom. The summed E-state index contributed by atoms with van der Waals surface area (Å²) in [5.74, 6) is 1.05. The third kappa shape index (κ3) is 3.40. The Labute approximate surface area is 143 Å². The molecule has 0 saturated heterocycles. The van der Waals surface area contributed by atoms with Crippen LogP contribution < -0.4 is 5.32 Å². The standard InChI is InChI=1S/C19H27N3O2/c1-4-9-24-19(23)15-11-21-18-14(7-8-20-18)17(15)22-16-6-5-12(2)10-13(16)3/h7-8,11-13,16H,4-6,9-10H2,1-3H3,(H2,20,21,22). The van der Waals surface area contributed by atoms with Crippen LogP contribution in [0.15, 0.2) is 18.5 Å². The number of nitrogens with one attached hydrogen (secondary N) is 2. The fourth-order valence-corrected chi connectivity index (χ4v) is 3.66. The van der Waals surface area contributed by atoms with Gasteiger partial charge in [-0.1, -0.05) is 20.8 Å². The Bertz CT molecular complexity index is 710. The van der Waals surface area contributed by atoms with Crippen molar-refractivity contribution in [2.24, 2.45) is 11.8 Å². The number of hydrogen-bond acceptors (Lipinski definition) is 4. The van der Waals surface area contributed by atoms with Crippen LogP contribution in [0.4, 0.5) is 5.69 Å². The summed E-state index contributed by atoms with van der Waals surface area (Å²) in [6.45, 7) is 7.03. The molecule has 1 fully saturated rings. The summed E-state index contributed by atoms with van der Waals surface area (Å²) < 4.78 is 5.35. The van der Waals surface area contributed by atoms with E-state index in [1.54, 1.807) is 6.20 Å². The lowest BCUT2D eigenvalue weighted by Crippen LogP contribution is -2.33. The van der Waals surface area contributed by atoms with Gasteiger partial charge in [0, 0.05) is 23.8 Å². The minimum Gasteiger partial charge on any atom is -0.462 e. The molecule has 2 heterocycles. The number of esters is 1. The van der Waals surface area contributed by atoms with Crippen LogP contribution in [0.2, 0.25) is 0 Å². The molecule has 3 unspecified atom stereocenters. The van der Waals surface area contributed by atoms with E-state index in [2.05, 4.69) is 29.1 Å². The first kappa shape index (κ1) is 16.8. The maximum atomic E-state index is 12.5. The summed E-state index contributed by atoms with van der Waals surface area (Å²) in [5.41, 5.74) is 2.18. The van der Waals surface area contributed by atoms with E-state index in [0.717, 1.165) is 35.5 Å². The summed E-state index contributed by atoms with van der Waals surface area (Å²) in [7, 11) is 0. The van der Waals surface area contributed by atoms with Crippen LogP contribution in [0.5, 0.6) is 0 Å². The Kier molecular flexibility index (Phi) is 5.07. The van der Waals surface area contributed by atoms with Gasteiger partial charge < -0.3 is 15.0 Å². The monoisotopic (exact) mass is 329 g/mol. The van der Waals surface area contributed by atoms with Gasteiger partial charge in [-0.25, -0.2) is 9.78 Å². The van der Waals surface area contributed by atoms with E-state index < -0.39 is 0 Å². The summed E-state index contributed by atoms with van der Waals surface area (Å²) in [6.07, 6.45) is 7.85. The molecule has 5 heteroatoms. The predicted molar refractivity (Wildman–Crippen MR) is 96.3 cm³/mol. The number of carbonyl (C=O) groups is 1. The molecule has 3 atom stereocenters. The molecular weight excluding hydrogens is 302 g/mol. The Morgan fingerprint density at radius 2 is 2.25 bits per heavy atom. The van der Waals surface area contributed by atoms with Gasteiger partial charge in [-0.15, -0.1) is 0 Å². The highest BCUT2D eigenvalue weighted by atomic mass is 16.5. The lowest BCUT2D eigenvalue weighted by Gasteiger charge is -2.34. The topological polar surface area (TPSA) is 67.0 Å². The van der Waals surface area contributed by atoms with Gasteiger partial charge in [0.1, 0.15) is 11.2 Å². The van der Waals surface area contributed by atoms with Crippen LogP contribution >= 0.6 is 0 Å². The molecule has 1 aliphatic rings. The first-order chi connectivity index (χ1) is 11.6. The number of aromatic amines is 1. The number of pyridine rings is 1. The number of nitrogens with zero attached hydrogens (tertiary/aromatic N) is 1. The van der Waals surface area contributed by atoms with Gasteiger partial charge in [-0.2, -0.15) is 0 Å². The summed E-state index contributed by atoms with van der Waals surface area (Å²) in [5, 5.41) is 4.60. The number of anilines is 1. The molecule has 3 rings (SSSR count). The quantitative estimate of drug-likeness (QED) is 0.800. The third-order valence-electron chi connectivity index (χ3n) is 5.01. The van der Waals surface area contributed by atoms with Crippen LogP contribution in [0, 0.1) is 11.8 Å². The Hall–Kier alpha value is -2.04. The lowest BCUT2D eigenvalue weighted by atomic mass is 9.79. The molecule has 0 spiro atoms. The molecule has 24 heavy (non-hydrogen) atoms. The van der Waals surface area contributed by atoms with Gasteiger partial charge in [0.05, 0.1) is 12.3 Å². The molecule has 130 valence electrons. The van der Waals surface area contributed by atoms with Gasteiger partial charge in [-0.3, -0.25) is 0 Å². The summed E-state index contributed by atoms with van der Waals surface area (Å²) in [4.78, 5) is 19.9. The van der Waals surface area contributed by atoms with Crippen LogP contribution in [0.1, 0.15) is 56.8 Å². The molecule has 0 amide bonds. The smallest absolute Gasteiger partial charge is 0.341 e. The highest BCUT2D eigenvalue weighted by Gasteiger charge is 2.27. The van der Waals surface area contributed by atoms with Crippen molar-refractivity contribution in [3.63, 3.8) is 0 Å². The lowest BCUT2D eigenvalue weighted by molar-refractivity contribution is 0.0506. The molecular formula is C19H27N3O2. The number of hydrogen-bond donors (Lipinski definition) is 2. The Morgan fingerprint density at radius 1 is 1.42 bits per heavy atom. The van der Waals surface area contributed by atoms with Gasteiger partial charge >= 0.3 is 5.97 Å². The zero-order valence-electron chi connectivity index (χ0n) is 14.8. The van der Waals surface area contributed by atoms with Crippen molar-refractivity contribution in [2.45, 2.75) is 52.5 Å². The SMILES string of the molecule is CCCOC(=O)c1cnc2[nH]ccc2c1NC1CCC(C)CC1C. The second kappa shape index (κ2) is 7.24. The number of fused-ring (bicyclic) bond motifs is 1. The van der Waals surface area contributed by atoms with Gasteiger partial charge in [0.15, 0.2) is 0 Å². The van der Waals surface area contributed by atoms with Crippen molar-refractivity contribution < 1.29 is 9.53 Å². The molecule has 1 aliphatic carbocycles. The van der Waals surface area contributed by atoms with Crippen LogP contribution in [-0.4, -0.2) is 28.6 Å². The average Bonchev–Trinajstić information content (AvgIpc) is 3.04. The molecule has 2 aromatic rings. The van der Waals surface area contributed by atoms with E-state index >= 15 is 0 Å². The third-order valence-corrected chi connectivity index (χ3v) is 5.01. The normalized spacial score (nSPS) is 24.0. The maximum Gasteiger partial charge on any atom is 0.341 e. The van der Waals surface area contributed by atoms with Crippen molar-refractivity contribution >= 4 is 22.7 Å². The second-order valence-corrected chi connectivity index (χ2v) is 7.07. The molecule has 2 aromatic heterocycles. The molecule has 0 aromatic carbocycles. The minimum atomic E-state index is -0.299. The highest BCUT2D eigenvalue weighted by Crippen LogP contribution is 2.34. The van der Waals surface area contributed by atoms with Crippen molar-refractivity contribution in [1.82, 2.24) is 9.97 Å². The largest absolute Gasteiger partial charge is 0.462 e. The summed E-state index contributed by atoms with van der Waals surface area (Å²) >= 11 is 0. The zero-order chi connectivity index (χ0) is 17.1. The number of ether oxygens (including phenoxy) is 1. The van der Waals surface area contributed by atoms with Crippen LogP contribution in [0.25, 0.3) is 11.0 Å². The fourth-order valence-electron chi connectivity index (χ4n) is 3.66. The second-order valence-electron chi connectivity index (χ2n) is 7.07. The Balaban J connectivity index is 1.91. The number of carbonyl (C=O) groups excluding carboxylic acids is 1. The van der Waals surface area contributed by atoms with E-state index in [9.17, 15) is 4.79 Å². The minimum absolute atomic E-state index is 0.299. The number of aromatic nitrogens is 2. The van der Waals surface area contributed by atoms with Crippen molar-refractivity contribution in [2.75, 3.05) is 11.9 Å². The maximum absolute atomic E-state index is 12.5. The van der Waals surface area contributed by atoms with Crippen molar-refractivity contribution in [3.8, 4) is 0 Å². The van der Waals surface area contributed by atoms with E-state index in [1.165, 1.54) is 12.8 Å². The first-order valence-electron chi connectivity index (χ1n) is 8.99. The molecule has 0 radical (unpaired) electrons. The van der Waals surface area contributed by atoms with Gasteiger partial charge in [0.25, 0.3) is 0 Å².